The lowest BCUT2D eigenvalue weighted by Crippen LogP contribution is -2.34. The molecule has 9 heteroatoms. The minimum absolute atomic E-state index is 0.176. The molecule has 8 nitrogen and oxygen atoms in total. The minimum Gasteiger partial charge on any atom is -0.486 e. The average molecular weight is 446 g/mol. The zero-order valence-corrected chi connectivity index (χ0v) is 18.0. The lowest BCUT2D eigenvalue weighted by Gasteiger charge is -2.18. The quantitative estimate of drug-likeness (QED) is 0.466. The number of nitrogens with zero attached hydrogens (tertiary/aromatic N) is 3. The van der Waals surface area contributed by atoms with Crippen LogP contribution in [-0.4, -0.2) is 39.2 Å². The second-order valence-electron chi connectivity index (χ2n) is 7.30. The van der Waals surface area contributed by atoms with E-state index in [1.54, 1.807) is 23.0 Å². The van der Waals surface area contributed by atoms with Crippen molar-refractivity contribution in [3.05, 3.63) is 71.8 Å². The maximum absolute atomic E-state index is 12.6. The number of thiocarbonyl (C=S) groups is 1. The van der Waals surface area contributed by atoms with Crippen molar-refractivity contribution in [2.75, 3.05) is 18.5 Å². The van der Waals surface area contributed by atoms with Crippen LogP contribution in [0, 0.1) is 6.92 Å². The summed E-state index contributed by atoms with van der Waals surface area (Å²) in [5, 5.41) is 14.9. The van der Waals surface area contributed by atoms with Gasteiger partial charge in [-0.25, -0.2) is 0 Å². The fourth-order valence-corrected chi connectivity index (χ4v) is 3.52. The van der Waals surface area contributed by atoms with Gasteiger partial charge in [-0.1, -0.05) is 17.7 Å². The number of ether oxygens (including phenoxy) is 2. The molecule has 1 aromatic heterocycles. The van der Waals surface area contributed by atoms with Crippen LogP contribution in [0.25, 0.3) is 16.7 Å². The molecule has 0 saturated heterocycles. The van der Waals surface area contributed by atoms with Gasteiger partial charge in [-0.15, -0.1) is 10.2 Å². The third-order valence-electron chi connectivity index (χ3n) is 4.93. The Balaban J connectivity index is 1.28. The second-order valence-corrected chi connectivity index (χ2v) is 7.70. The Labute approximate surface area is 189 Å². The first-order valence-corrected chi connectivity index (χ1v) is 10.4. The SMILES string of the molecule is Cc1ccc(-n2nc3ccc(NC(=S)NC(=O)c4ccc5c(c4)OCCO5)cc3n2)cc1. The van der Waals surface area contributed by atoms with E-state index in [0.29, 0.717) is 41.5 Å². The molecule has 160 valence electrons. The molecular weight excluding hydrogens is 426 g/mol. The van der Waals surface area contributed by atoms with Gasteiger partial charge in [0.15, 0.2) is 16.6 Å². The third kappa shape index (κ3) is 4.10. The zero-order chi connectivity index (χ0) is 22.1. The van der Waals surface area contributed by atoms with Gasteiger partial charge in [0.05, 0.1) is 5.69 Å². The summed E-state index contributed by atoms with van der Waals surface area (Å²) in [5.74, 6) is 0.830. The van der Waals surface area contributed by atoms with E-state index in [0.717, 1.165) is 11.2 Å². The van der Waals surface area contributed by atoms with Gasteiger partial charge in [-0.2, -0.15) is 4.80 Å². The number of anilines is 1. The van der Waals surface area contributed by atoms with Crippen LogP contribution in [0.5, 0.6) is 11.5 Å². The highest BCUT2D eigenvalue weighted by Gasteiger charge is 2.16. The molecule has 2 N–H and O–H groups in total. The first-order valence-electron chi connectivity index (χ1n) is 10.0. The molecule has 0 saturated carbocycles. The Kier molecular flexibility index (Phi) is 5.16. The summed E-state index contributed by atoms with van der Waals surface area (Å²) in [7, 11) is 0. The fraction of sp³-hybridized carbons (Fsp3) is 0.130. The molecule has 2 heterocycles. The third-order valence-corrected chi connectivity index (χ3v) is 5.14. The van der Waals surface area contributed by atoms with Gasteiger partial charge in [0.25, 0.3) is 5.91 Å². The standard InChI is InChI=1S/C23H19N5O3S/c1-14-2-6-17(7-3-14)28-26-18-8-5-16(13-19(18)27-28)24-23(32)25-22(29)15-4-9-20-21(12-15)31-11-10-30-20/h2-9,12-13H,10-11H2,1H3,(H2,24,25,29,32). The Bertz CT molecular complexity index is 1330. The average Bonchev–Trinajstić information content (AvgIpc) is 3.22. The number of fused-ring (bicyclic) bond motifs is 2. The topological polar surface area (TPSA) is 90.3 Å². The Hall–Kier alpha value is -3.98. The van der Waals surface area contributed by atoms with Crippen molar-refractivity contribution >= 4 is 40.0 Å². The molecule has 0 unspecified atom stereocenters. The van der Waals surface area contributed by atoms with E-state index < -0.39 is 0 Å². The molecule has 0 fully saturated rings. The summed E-state index contributed by atoms with van der Waals surface area (Å²) >= 11 is 5.31. The summed E-state index contributed by atoms with van der Waals surface area (Å²) in [6.45, 7) is 2.98. The maximum atomic E-state index is 12.6. The summed E-state index contributed by atoms with van der Waals surface area (Å²) in [6, 6.07) is 18.5. The van der Waals surface area contributed by atoms with Gasteiger partial charge < -0.3 is 14.8 Å². The molecule has 32 heavy (non-hydrogen) atoms. The van der Waals surface area contributed by atoms with E-state index in [2.05, 4.69) is 20.8 Å². The van der Waals surface area contributed by atoms with Crippen LogP contribution in [0.15, 0.2) is 60.7 Å². The molecule has 1 aliphatic heterocycles. The van der Waals surface area contributed by atoms with Crippen LogP contribution in [0.2, 0.25) is 0 Å². The molecular formula is C23H19N5O3S. The van der Waals surface area contributed by atoms with Gasteiger partial charge in [0, 0.05) is 11.3 Å². The number of hydrogen-bond acceptors (Lipinski definition) is 6. The molecule has 0 radical (unpaired) electrons. The molecule has 4 aromatic rings. The van der Waals surface area contributed by atoms with Crippen molar-refractivity contribution < 1.29 is 14.3 Å². The number of hydrogen-bond donors (Lipinski definition) is 2. The molecule has 0 atom stereocenters. The monoisotopic (exact) mass is 445 g/mol. The first kappa shape index (κ1) is 20.0. The van der Waals surface area contributed by atoms with Crippen LogP contribution in [0.4, 0.5) is 5.69 Å². The summed E-state index contributed by atoms with van der Waals surface area (Å²) < 4.78 is 11.0. The van der Waals surface area contributed by atoms with Crippen LogP contribution in [0.1, 0.15) is 15.9 Å². The fourth-order valence-electron chi connectivity index (χ4n) is 3.31. The zero-order valence-electron chi connectivity index (χ0n) is 17.2. The summed E-state index contributed by atoms with van der Waals surface area (Å²) in [6.07, 6.45) is 0. The smallest absolute Gasteiger partial charge is 0.257 e. The molecule has 5 rings (SSSR count). The number of carbonyl (C=O) groups is 1. The highest BCUT2D eigenvalue weighted by Crippen LogP contribution is 2.30. The van der Waals surface area contributed by atoms with E-state index in [1.165, 1.54) is 5.56 Å². The largest absolute Gasteiger partial charge is 0.486 e. The predicted molar refractivity (Wildman–Crippen MR) is 125 cm³/mol. The van der Waals surface area contributed by atoms with E-state index in [4.69, 9.17) is 21.7 Å². The molecule has 0 aliphatic carbocycles. The highest BCUT2D eigenvalue weighted by molar-refractivity contribution is 7.80. The Morgan fingerprint density at radius 3 is 2.50 bits per heavy atom. The summed E-state index contributed by atoms with van der Waals surface area (Å²) in [4.78, 5) is 14.2. The number of rotatable bonds is 3. The highest BCUT2D eigenvalue weighted by atomic mass is 32.1. The Morgan fingerprint density at radius 2 is 1.69 bits per heavy atom. The number of benzene rings is 3. The van der Waals surface area contributed by atoms with E-state index in [-0.39, 0.29) is 11.0 Å². The molecule has 1 aliphatic rings. The van der Waals surface area contributed by atoms with Gasteiger partial charge in [0.1, 0.15) is 24.2 Å². The molecule has 3 aromatic carbocycles. The van der Waals surface area contributed by atoms with Crippen molar-refractivity contribution in [2.24, 2.45) is 0 Å². The number of carbonyl (C=O) groups excluding carboxylic acids is 1. The van der Waals surface area contributed by atoms with Crippen molar-refractivity contribution in [1.82, 2.24) is 20.3 Å². The molecule has 0 bridgehead atoms. The summed E-state index contributed by atoms with van der Waals surface area (Å²) in [5.41, 5.74) is 4.63. The van der Waals surface area contributed by atoms with Crippen molar-refractivity contribution in [1.29, 1.82) is 0 Å². The molecule has 1 amide bonds. The van der Waals surface area contributed by atoms with E-state index in [1.807, 2.05) is 49.4 Å². The van der Waals surface area contributed by atoms with Crippen LogP contribution >= 0.6 is 12.2 Å². The number of amides is 1. The predicted octanol–water partition coefficient (Wildman–Crippen LogP) is 3.63. The van der Waals surface area contributed by atoms with Gasteiger partial charge in [0.2, 0.25) is 0 Å². The van der Waals surface area contributed by atoms with Crippen molar-refractivity contribution in [3.63, 3.8) is 0 Å². The van der Waals surface area contributed by atoms with Crippen molar-refractivity contribution in [3.8, 4) is 17.2 Å². The maximum Gasteiger partial charge on any atom is 0.257 e. The lowest BCUT2D eigenvalue weighted by molar-refractivity contribution is 0.0976. The number of aryl methyl sites for hydroxylation is 1. The van der Waals surface area contributed by atoms with Gasteiger partial charge in [-0.3, -0.25) is 10.1 Å². The Morgan fingerprint density at radius 1 is 0.938 bits per heavy atom. The van der Waals surface area contributed by atoms with E-state index >= 15 is 0 Å². The van der Waals surface area contributed by atoms with Crippen LogP contribution in [-0.2, 0) is 0 Å². The van der Waals surface area contributed by atoms with E-state index in [9.17, 15) is 4.79 Å². The van der Waals surface area contributed by atoms with Crippen molar-refractivity contribution in [2.45, 2.75) is 6.92 Å². The minimum atomic E-state index is -0.342. The van der Waals surface area contributed by atoms with Gasteiger partial charge >= 0.3 is 0 Å². The number of nitrogens with one attached hydrogen (secondary N) is 2. The molecule has 0 spiro atoms. The van der Waals surface area contributed by atoms with Crippen LogP contribution < -0.4 is 20.1 Å². The second kappa shape index (κ2) is 8.27. The van der Waals surface area contributed by atoms with Crippen LogP contribution in [0.3, 0.4) is 0 Å². The normalized spacial score (nSPS) is 12.4. The number of aromatic nitrogens is 3. The van der Waals surface area contributed by atoms with Gasteiger partial charge in [-0.05, 0) is 67.7 Å². The first-order chi connectivity index (χ1) is 15.5. The lowest BCUT2D eigenvalue weighted by atomic mass is 10.2.